The zero-order valence-electron chi connectivity index (χ0n) is 18.0. The van der Waals surface area contributed by atoms with Gasteiger partial charge in [0.25, 0.3) is 0 Å². The van der Waals surface area contributed by atoms with Crippen LogP contribution in [0.3, 0.4) is 0 Å². The predicted molar refractivity (Wildman–Crippen MR) is 122 cm³/mol. The highest BCUT2D eigenvalue weighted by Crippen LogP contribution is 2.36. The molecule has 3 nitrogen and oxygen atoms in total. The summed E-state index contributed by atoms with van der Waals surface area (Å²) in [6.07, 6.45) is 6.10. The zero-order chi connectivity index (χ0) is 20.9. The van der Waals surface area contributed by atoms with Crippen molar-refractivity contribution < 1.29 is 9.90 Å². The van der Waals surface area contributed by atoms with Crippen molar-refractivity contribution in [3.8, 4) is 0 Å². The van der Waals surface area contributed by atoms with Gasteiger partial charge in [-0.1, -0.05) is 82.5 Å². The molecule has 0 heterocycles. The van der Waals surface area contributed by atoms with E-state index in [0.717, 1.165) is 24.1 Å². The lowest BCUT2D eigenvalue weighted by atomic mass is 9.75. The fraction of sp³-hybridized carbons (Fsp3) is 0.462. The minimum Gasteiger partial charge on any atom is -0.511 e. The van der Waals surface area contributed by atoms with Crippen LogP contribution < -0.4 is 0 Å². The number of hydrogen-bond acceptors (Lipinski definition) is 3. The van der Waals surface area contributed by atoms with E-state index in [4.69, 9.17) is 4.99 Å². The van der Waals surface area contributed by atoms with Crippen LogP contribution in [0.25, 0.3) is 10.8 Å². The lowest BCUT2D eigenvalue weighted by Crippen LogP contribution is -2.30. The Balaban J connectivity index is 1.95. The Labute approximate surface area is 174 Å². The molecule has 2 aromatic rings. The second-order valence-electron chi connectivity index (χ2n) is 8.97. The number of benzene rings is 2. The normalized spacial score (nSPS) is 17.2. The number of ketones is 1. The van der Waals surface area contributed by atoms with Gasteiger partial charge in [-0.3, -0.25) is 9.79 Å². The first-order valence-corrected chi connectivity index (χ1v) is 10.9. The molecule has 3 rings (SSSR count). The summed E-state index contributed by atoms with van der Waals surface area (Å²) in [5.74, 6) is 0.227. The standard InChI is InChI=1S/C26H33NO2/c1-4-5-6-9-15-27-22(25-23(28)17-26(2,3)18-24(25)29)16-20-13-10-12-19-11-7-8-14-21(19)20/h7-8,10-14,28H,4-6,9,15-18H2,1-3H3. The van der Waals surface area contributed by atoms with Gasteiger partial charge in [0, 0.05) is 25.8 Å². The maximum atomic E-state index is 13.0. The van der Waals surface area contributed by atoms with E-state index in [1.165, 1.54) is 23.6 Å². The summed E-state index contributed by atoms with van der Waals surface area (Å²) in [6.45, 7) is 6.96. The zero-order valence-corrected chi connectivity index (χ0v) is 18.0. The highest BCUT2D eigenvalue weighted by atomic mass is 16.3. The number of allylic oxidation sites excluding steroid dienone is 2. The Kier molecular flexibility index (Phi) is 6.89. The largest absolute Gasteiger partial charge is 0.511 e. The van der Waals surface area contributed by atoms with E-state index in [-0.39, 0.29) is 17.0 Å². The van der Waals surface area contributed by atoms with Gasteiger partial charge in [0.05, 0.1) is 11.3 Å². The van der Waals surface area contributed by atoms with Gasteiger partial charge in [-0.2, -0.15) is 0 Å². The number of rotatable bonds is 8. The summed E-state index contributed by atoms with van der Waals surface area (Å²) in [6, 6.07) is 14.6. The third-order valence-corrected chi connectivity index (χ3v) is 5.69. The van der Waals surface area contributed by atoms with Crippen LogP contribution in [0.2, 0.25) is 0 Å². The van der Waals surface area contributed by atoms with Crippen LogP contribution in [-0.2, 0) is 11.2 Å². The van der Waals surface area contributed by atoms with Crippen molar-refractivity contribution in [2.24, 2.45) is 10.4 Å². The minimum absolute atomic E-state index is 0.0197. The summed E-state index contributed by atoms with van der Waals surface area (Å²) in [7, 11) is 0. The molecule has 0 saturated heterocycles. The van der Waals surface area contributed by atoms with Crippen molar-refractivity contribution in [1.82, 2.24) is 0 Å². The first kappa shape index (κ1) is 21.3. The van der Waals surface area contributed by atoms with Gasteiger partial charge in [0.2, 0.25) is 0 Å². The summed E-state index contributed by atoms with van der Waals surface area (Å²) < 4.78 is 0. The van der Waals surface area contributed by atoms with Crippen molar-refractivity contribution in [3.63, 3.8) is 0 Å². The lowest BCUT2D eigenvalue weighted by Gasteiger charge is -2.30. The Morgan fingerprint density at radius 3 is 2.55 bits per heavy atom. The first-order valence-electron chi connectivity index (χ1n) is 10.9. The molecular weight excluding hydrogens is 358 g/mol. The molecule has 3 heteroatoms. The van der Waals surface area contributed by atoms with Gasteiger partial charge < -0.3 is 5.11 Å². The van der Waals surface area contributed by atoms with Crippen molar-refractivity contribution in [2.45, 2.75) is 65.7 Å². The van der Waals surface area contributed by atoms with Crippen molar-refractivity contribution in [3.05, 3.63) is 59.4 Å². The molecule has 0 amide bonds. The van der Waals surface area contributed by atoms with Crippen molar-refractivity contribution in [2.75, 3.05) is 6.54 Å². The highest BCUT2D eigenvalue weighted by molar-refractivity contribution is 6.24. The Bertz CT molecular complexity index is 931. The lowest BCUT2D eigenvalue weighted by molar-refractivity contribution is -0.117. The second-order valence-corrected chi connectivity index (χ2v) is 8.97. The number of nitrogens with zero attached hydrogens (tertiary/aromatic N) is 1. The highest BCUT2D eigenvalue weighted by Gasteiger charge is 2.35. The van der Waals surface area contributed by atoms with E-state index < -0.39 is 0 Å². The molecule has 0 radical (unpaired) electrons. The second kappa shape index (κ2) is 9.39. The molecule has 0 aliphatic heterocycles. The van der Waals surface area contributed by atoms with E-state index >= 15 is 0 Å². The molecule has 2 aromatic carbocycles. The fourth-order valence-electron chi connectivity index (χ4n) is 4.22. The van der Waals surface area contributed by atoms with Crippen LogP contribution in [-0.4, -0.2) is 23.1 Å². The molecular formula is C26H33NO2. The minimum atomic E-state index is -0.198. The molecule has 0 bridgehead atoms. The topological polar surface area (TPSA) is 49.7 Å². The van der Waals surface area contributed by atoms with E-state index in [1.54, 1.807) is 0 Å². The molecule has 1 N–H and O–H groups in total. The van der Waals surface area contributed by atoms with Crippen molar-refractivity contribution in [1.29, 1.82) is 0 Å². The van der Waals surface area contributed by atoms with Crippen LogP contribution >= 0.6 is 0 Å². The summed E-state index contributed by atoms with van der Waals surface area (Å²) in [5, 5.41) is 13.1. The van der Waals surface area contributed by atoms with Gasteiger partial charge in [0.1, 0.15) is 5.76 Å². The Morgan fingerprint density at radius 2 is 1.79 bits per heavy atom. The van der Waals surface area contributed by atoms with Crippen LogP contribution in [0.15, 0.2) is 58.8 Å². The van der Waals surface area contributed by atoms with E-state index in [2.05, 4.69) is 37.3 Å². The number of carbonyl (C=O) groups excluding carboxylic acids is 1. The molecule has 154 valence electrons. The van der Waals surface area contributed by atoms with E-state index in [9.17, 15) is 9.90 Å². The SMILES string of the molecule is CCCCCCN=C(Cc1cccc2ccccc12)C1=C(O)CC(C)(C)CC1=O. The average molecular weight is 392 g/mol. The summed E-state index contributed by atoms with van der Waals surface area (Å²) in [4.78, 5) is 17.8. The van der Waals surface area contributed by atoms with Crippen LogP contribution in [0.1, 0.15) is 64.9 Å². The number of unbranched alkanes of at least 4 members (excludes halogenated alkanes) is 3. The average Bonchev–Trinajstić information content (AvgIpc) is 2.66. The number of fused-ring (bicyclic) bond motifs is 1. The maximum Gasteiger partial charge on any atom is 0.168 e. The third-order valence-electron chi connectivity index (χ3n) is 5.69. The van der Waals surface area contributed by atoms with Gasteiger partial charge in [-0.25, -0.2) is 0 Å². The Morgan fingerprint density at radius 1 is 1.03 bits per heavy atom. The number of Topliss-reactive ketones (excluding diaryl/α,β-unsaturated/α-hetero) is 1. The number of hydrogen-bond donors (Lipinski definition) is 1. The molecule has 0 unspecified atom stereocenters. The quantitative estimate of drug-likeness (QED) is 0.407. The van der Waals surface area contributed by atoms with Crippen molar-refractivity contribution >= 4 is 22.3 Å². The molecule has 0 spiro atoms. The number of aliphatic imine (C=N–C) groups is 1. The molecule has 1 aliphatic carbocycles. The molecule has 0 fully saturated rings. The molecule has 29 heavy (non-hydrogen) atoms. The summed E-state index contributed by atoms with van der Waals surface area (Å²) >= 11 is 0. The van der Waals surface area contributed by atoms with Crippen LogP contribution in [0.4, 0.5) is 0 Å². The molecule has 0 saturated carbocycles. The number of aliphatic hydroxyl groups excluding tert-OH is 1. The first-order chi connectivity index (χ1) is 13.9. The number of carbonyl (C=O) groups is 1. The Hall–Kier alpha value is -2.42. The van der Waals surface area contributed by atoms with Gasteiger partial charge >= 0.3 is 0 Å². The molecule has 0 aromatic heterocycles. The van der Waals surface area contributed by atoms with Gasteiger partial charge in [0.15, 0.2) is 5.78 Å². The maximum absolute atomic E-state index is 13.0. The van der Waals surface area contributed by atoms with Gasteiger partial charge in [-0.05, 0) is 28.2 Å². The number of aliphatic hydroxyl groups is 1. The third kappa shape index (κ3) is 5.35. The summed E-state index contributed by atoms with van der Waals surface area (Å²) in [5.41, 5.74) is 2.16. The van der Waals surface area contributed by atoms with Crippen LogP contribution in [0.5, 0.6) is 0 Å². The van der Waals surface area contributed by atoms with E-state index in [1.807, 2.05) is 26.0 Å². The molecule has 1 aliphatic rings. The fourth-order valence-corrected chi connectivity index (χ4v) is 4.22. The van der Waals surface area contributed by atoms with Gasteiger partial charge in [-0.15, -0.1) is 0 Å². The monoisotopic (exact) mass is 391 g/mol. The predicted octanol–water partition coefficient (Wildman–Crippen LogP) is 6.60. The molecule has 0 atom stereocenters. The van der Waals surface area contributed by atoms with Crippen LogP contribution in [0, 0.1) is 5.41 Å². The smallest absolute Gasteiger partial charge is 0.168 e. The van der Waals surface area contributed by atoms with E-state index in [0.29, 0.717) is 31.4 Å².